The van der Waals surface area contributed by atoms with Crippen LogP contribution in [0.5, 0.6) is 5.88 Å². The second-order valence-electron chi connectivity index (χ2n) is 5.78. The molecular weight excluding hydrogens is 355 g/mol. The molecule has 0 radical (unpaired) electrons. The molecule has 0 N–H and O–H groups in total. The van der Waals surface area contributed by atoms with Gasteiger partial charge in [0.1, 0.15) is 12.7 Å². The van der Waals surface area contributed by atoms with Crippen LogP contribution in [0.25, 0.3) is 0 Å². The predicted octanol–water partition coefficient (Wildman–Crippen LogP) is 3.15. The fourth-order valence-corrected chi connectivity index (χ4v) is 3.48. The summed E-state index contributed by atoms with van der Waals surface area (Å²) in [6.45, 7) is 5.12. The molecule has 25 heavy (non-hydrogen) atoms. The first-order valence-electron chi connectivity index (χ1n) is 7.82. The molecule has 1 fully saturated rings. The number of hydrogen-bond donors (Lipinski definition) is 0. The van der Waals surface area contributed by atoms with Gasteiger partial charge in [-0.25, -0.2) is 4.98 Å². The molecule has 3 rings (SSSR count). The van der Waals surface area contributed by atoms with Crippen molar-refractivity contribution in [2.75, 3.05) is 26.3 Å². The van der Waals surface area contributed by atoms with Gasteiger partial charge in [0.2, 0.25) is 11.7 Å². The van der Waals surface area contributed by atoms with E-state index >= 15 is 0 Å². The SMILES string of the molecule is Cc1ccsc1CN1CCOC(COc2ccnc(C(F)(F)F)n2)C1. The van der Waals surface area contributed by atoms with Crippen LogP contribution in [-0.2, 0) is 17.5 Å². The van der Waals surface area contributed by atoms with Gasteiger partial charge in [-0.1, -0.05) is 0 Å². The molecule has 1 saturated heterocycles. The Morgan fingerprint density at radius 1 is 1.40 bits per heavy atom. The van der Waals surface area contributed by atoms with E-state index in [-0.39, 0.29) is 18.6 Å². The summed E-state index contributed by atoms with van der Waals surface area (Å²) in [6.07, 6.45) is -3.76. The Morgan fingerprint density at radius 2 is 2.24 bits per heavy atom. The molecule has 0 bridgehead atoms. The molecule has 1 aliphatic heterocycles. The highest BCUT2D eigenvalue weighted by atomic mass is 32.1. The van der Waals surface area contributed by atoms with Crippen molar-refractivity contribution in [3.05, 3.63) is 40.0 Å². The van der Waals surface area contributed by atoms with Crippen LogP contribution < -0.4 is 4.74 Å². The second-order valence-corrected chi connectivity index (χ2v) is 6.78. The first-order chi connectivity index (χ1) is 11.9. The van der Waals surface area contributed by atoms with Crippen molar-refractivity contribution in [2.45, 2.75) is 25.7 Å². The minimum absolute atomic E-state index is 0.0999. The lowest BCUT2D eigenvalue weighted by Crippen LogP contribution is -2.44. The third-order valence-electron chi connectivity index (χ3n) is 3.86. The smallest absolute Gasteiger partial charge is 0.451 e. The van der Waals surface area contributed by atoms with Gasteiger partial charge in [-0.2, -0.15) is 18.2 Å². The highest BCUT2D eigenvalue weighted by molar-refractivity contribution is 7.10. The topological polar surface area (TPSA) is 47.5 Å². The van der Waals surface area contributed by atoms with E-state index in [0.29, 0.717) is 13.2 Å². The van der Waals surface area contributed by atoms with Gasteiger partial charge >= 0.3 is 6.18 Å². The molecule has 0 saturated carbocycles. The molecular formula is C16H18F3N3O2S. The fraction of sp³-hybridized carbons (Fsp3) is 0.500. The van der Waals surface area contributed by atoms with Gasteiger partial charge in [-0.05, 0) is 23.9 Å². The lowest BCUT2D eigenvalue weighted by atomic mass is 10.2. The largest absolute Gasteiger partial charge is 0.475 e. The number of aryl methyl sites for hydroxylation is 1. The summed E-state index contributed by atoms with van der Waals surface area (Å²) in [5.74, 6) is -1.30. The molecule has 0 aliphatic carbocycles. The quantitative estimate of drug-likeness (QED) is 0.806. The summed E-state index contributed by atoms with van der Waals surface area (Å²) >= 11 is 1.72. The Labute approximate surface area is 147 Å². The van der Waals surface area contributed by atoms with E-state index < -0.39 is 12.0 Å². The molecule has 0 aromatic carbocycles. The lowest BCUT2D eigenvalue weighted by molar-refractivity contribution is -0.145. The van der Waals surface area contributed by atoms with Gasteiger partial charge < -0.3 is 9.47 Å². The Balaban J connectivity index is 1.54. The molecule has 0 amide bonds. The third kappa shape index (κ3) is 4.90. The van der Waals surface area contributed by atoms with Crippen LogP contribution in [0.3, 0.4) is 0 Å². The van der Waals surface area contributed by atoms with Crippen LogP contribution in [0, 0.1) is 6.92 Å². The standard InChI is InChI=1S/C16H18F3N3O2S/c1-11-3-7-25-13(11)9-22-5-6-23-12(8-22)10-24-14-2-4-20-15(21-14)16(17,18)19/h2-4,7,12H,5-6,8-10H2,1H3. The van der Waals surface area contributed by atoms with Crippen LogP contribution in [0.1, 0.15) is 16.3 Å². The highest BCUT2D eigenvalue weighted by Gasteiger charge is 2.35. The Bertz CT molecular complexity index is 708. The average molecular weight is 373 g/mol. The fourth-order valence-electron chi connectivity index (χ4n) is 2.53. The molecule has 9 heteroatoms. The number of halogens is 3. The van der Waals surface area contributed by atoms with Gasteiger partial charge in [0.05, 0.1) is 6.61 Å². The predicted molar refractivity (Wildman–Crippen MR) is 86.6 cm³/mol. The number of aromatic nitrogens is 2. The van der Waals surface area contributed by atoms with Gasteiger partial charge in [0.15, 0.2) is 0 Å². The summed E-state index contributed by atoms with van der Waals surface area (Å²) in [5, 5.41) is 2.07. The summed E-state index contributed by atoms with van der Waals surface area (Å²) in [7, 11) is 0. The lowest BCUT2D eigenvalue weighted by Gasteiger charge is -2.32. The Kier molecular flexibility index (Phi) is 5.55. The number of thiophene rings is 1. The zero-order valence-electron chi connectivity index (χ0n) is 13.6. The third-order valence-corrected chi connectivity index (χ3v) is 4.87. The van der Waals surface area contributed by atoms with Crippen LogP contribution in [0.4, 0.5) is 13.2 Å². The van der Waals surface area contributed by atoms with E-state index in [1.165, 1.54) is 16.5 Å². The zero-order valence-corrected chi connectivity index (χ0v) is 14.4. The van der Waals surface area contributed by atoms with Crippen molar-refractivity contribution in [1.29, 1.82) is 0 Å². The van der Waals surface area contributed by atoms with Crippen molar-refractivity contribution in [1.82, 2.24) is 14.9 Å². The summed E-state index contributed by atoms with van der Waals surface area (Å²) in [4.78, 5) is 10.2. The zero-order chi connectivity index (χ0) is 17.9. The van der Waals surface area contributed by atoms with E-state index in [4.69, 9.17) is 9.47 Å². The van der Waals surface area contributed by atoms with E-state index in [2.05, 4.69) is 33.2 Å². The number of ether oxygens (including phenoxy) is 2. The highest BCUT2D eigenvalue weighted by Crippen LogP contribution is 2.27. The number of hydrogen-bond acceptors (Lipinski definition) is 6. The van der Waals surface area contributed by atoms with E-state index in [1.807, 2.05) is 0 Å². The monoisotopic (exact) mass is 373 g/mol. The van der Waals surface area contributed by atoms with Crippen LogP contribution >= 0.6 is 11.3 Å². The number of alkyl halides is 3. The molecule has 2 aromatic rings. The minimum Gasteiger partial charge on any atom is -0.475 e. The van der Waals surface area contributed by atoms with Crippen LogP contribution in [0.15, 0.2) is 23.7 Å². The molecule has 3 heterocycles. The number of nitrogens with zero attached hydrogens (tertiary/aromatic N) is 3. The van der Waals surface area contributed by atoms with Gasteiger partial charge in [0, 0.05) is 36.8 Å². The van der Waals surface area contributed by atoms with E-state index in [1.54, 1.807) is 11.3 Å². The first kappa shape index (κ1) is 18.1. The van der Waals surface area contributed by atoms with Crippen molar-refractivity contribution < 1.29 is 22.6 Å². The number of morpholine rings is 1. The molecule has 5 nitrogen and oxygen atoms in total. The summed E-state index contributed by atoms with van der Waals surface area (Å²) < 4.78 is 48.9. The minimum atomic E-state index is -4.59. The maximum atomic E-state index is 12.6. The van der Waals surface area contributed by atoms with Crippen molar-refractivity contribution in [3.8, 4) is 5.88 Å². The van der Waals surface area contributed by atoms with Crippen molar-refractivity contribution >= 4 is 11.3 Å². The van der Waals surface area contributed by atoms with Gasteiger partial charge in [-0.15, -0.1) is 11.3 Å². The van der Waals surface area contributed by atoms with Crippen LogP contribution in [-0.4, -0.2) is 47.3 Å². The maximum absolute atomic E-state index is 12.6. The van der Waals surface area contributed by atoms with Crippen molar-refractivity contribution in [3.63, 3.8) is 0 Å². The second kappa shape index (κ2) is 7.67. The number of rotatable bonds is 5. The summed E-state index contributed by atoms with van der Waals surface area (Å²) in [6, 6.07) is 3.40. The van der Waals surface area contributed by atoms with Gasteiger partial charge in [-0.3, -0.25) is 4.90 Å². The molecule has 1 atom stereocenters. The first-order valence-corrected chi connectivity index (χ1v) is 8.70. The average Bonchev–Trinajstić information content (AvgIpc) is 2.98. The summed E-state index contributed by atoms with van der Waals surface area (Å²) in [5.41, 5.74) is 1.27. The maximum Gasteiger partial charge on any atom is 0.451 e. The molecule has 0 spiro atoms. The van der Waals surface area contributed by atoms with Crippen LogP contribution in [0.2, 0.25) is 0 Å². The molecule has 1 aliphatic rings. The molecule has 136 valence electrons. The Hall–Kier alpha value is -1.71. The van der Waals surface area contributed by atoms with E-state index in [0.717, 1.165) is 19.3 Å². The van der Waals surface area contributed by atoms with Gasteiger partial charge in [0.25, 0.3) is 0 Å². The molecule has 2 aromatic heterocycles. The van der Waals surface area contributed by atoms with Crippen molar-refractivity contribution in [2.24, 2.45) is 0 Å². The Morgan fingerprint density at radius 3 is 2.96 bits per heavy atom. The van der Waals surface area contributed by atoms with E-state index in [9.17, 15) is 13.2 Å². The normalized spacial score (nSPS) is 19.1. The molecule has 1 unspecified atom stereocenters.